The molecule has 0 radical (unpaired) electrons. The van der Waals surface area contributed by atoms with Crippen molar-refractivity contribution < 1.29 is 13.2 Å². The van der Waals surface area contributed by atoms with Gasteiger partial charge in [0.25, 0.3) is 0 Å². The Bertz CT molecular complexity index is 939. The predicted molar refractivity (Wildman–Crippen MR) is 121 cm³/mol. The van der Waals surface area contributed by atoms with Crippen LogP contribution in [-0.2, 0) is 16.6 Å². The first kappa shape index (κ1) is 22.5. The molecule has 162 valence electrons. The van der Waals surface area contributed by atoms with E-state index in [4.69, 9.17) is 5.73 Å². The van der Waals surface area contributed by atoms with Crippen LogP contribution in [0.3, 0.4) is 0 Å². The smallest absolute Gasteiger partial charge is 0.212 e. The first-order chi connectivity index (χ1) is 14.4. The molecule has 0 aromatic heterocycles. The molecule has 0 atom stereocenters. The van der Waals surface area contributed by atoms with Crippen molar-refractivity contribution in [3.63, 3.8) is 0 Å². The lowest BCUT2D eigenvalue weighted by molar-refractivity contribution is 0.103. The van der Waals surface area contributed by atoms with Gasteiger partial charge < -0.3 is 11.1 Å². The maximum absolute atomic E-state index is 12.6. The zero-order chi connectivity index (χ0) is 21.4. The Morgan fingerprint density at radius 3 is 2.47 bits per heavy atom. The molecule has 1 fully saturated rings. The molecule has 2 aromatic carbocycles. The number of benzene rings is 2. The fraction of sp³-hybridized carbons (Fsp3) is 0.435. The maximum atomic E-state index is 12.6. The normalized spacial score (nSPS) is 15.2. The minimum atomic E-state index is -3.30. The van der Waals surface area contributed by atoms with Crippen LogP contribution in [-0.4, -0.2) is 33.0 Å². The van der Waals surface area contributed by atoms with Gasteiger partial charge in [-0.25, -0.2) is 13.1 Å². The maximum Gasteiger partial charge on any atom is 0.212 e. The molecule has 30 heavy (non-hydrogen) atoms. The molecule has 0 bridgehead atoms. The van der Waals surface area contributed by atoms with Gasteiger partial charge in [-0.3, -0.25) is 4.79 Å². The minimum absolute atomic E-state index is 0.0161. The minimum Gasteiger partial charge on any atom is -0.398 e. The number of nitrogen functional groups attached to an aromatic ring is 1. The highest BCUT2D eigenvalue weighted by molar-refractivity contribution is 7.89. The first-order valence-electron chi connectivity index (χ1n) is 10.6. The average Bonchev–Trinajstić information content (AvgIpc) is 2.77. The molecule has 0 aliphatic heterocycles. The Hall–Kier alpha value is -2.22. The van der Waals surface area contributed by atoms with Crippen molar-refractivity contribution >= 4 is 21.5 Å². The van der Waals surface area contributed by atoms with Gasteiger partial charge in [-0.15, -0.1) is 0 Å². The van der Waals surface area contributed by atoms with Gasteiger partial charge in [0.2, 0.25) is 10.0 Å². The fourth-order valence-electron chi connectivity index (χ4n) is 3.79. The van der Waals surface area contributed by atoms with Crippen molar-refractivity contribution in [3.8, 4) is 0 Å². The SMILES string of the molecule is Nc1ccc(C(=O)c2ccccc2)cc1CNCCS(=O)(=O)NCC1CCCCC1. The van der Waals surface area contributed by atoms with Gasteiger partial charge in [-0.1, -0.05) is 49.6 Å². The van der Waals surface area contributed by atoms with E-state index >= 15 is 0 Å². The number of carbonyl (C=O) groups is 1. The Balaban J connectivity index is 1.49. The number of ketones is 1. The number of rotatable bonds is 10. The number of nitrogens with two attached hydrogens (primary N) is 1. The average molecular weight is 430 g/mol. The Morgan fingerprint density at radius 1 is 1.00 bits per heavy atom. The van der Waals surface area contributed by atoms with E-state index < -0.39 is 10.0 Å². The lowest BCUT2D eigenvalue weighted by Gasteiger charge is -2.21. The summed E-state index contributed by atoms with van der Waals surface area (Å²) in [4.78, 5) is 12.6. The molecule has 1 saturated carbocycles. The lowest BCUT2D eigenvalue weighted by atomic mass is 9.90. The highest BCUT2D eigenvalue weighted by atomic mass is 32.2. The van der Waals surface area contributed by atoms with Crippen LogP contribution in [0.15, 0.2) is 48.5 Å². The van der Waals surface area contributed by atoms with Crippen molar-refractivity contribution in [2.45, 2.75) is 38.6 Å². The van der Waals surface area contributed by atoms with E-state index in [0.717, 1.165) is 18.4 Å². The second-order valence-electron chi connectivity index (χ2n) is 7.96. The van der Waals surface area contributed by atoms with E-state index in [1.807, 2.05) is 18.2 Å². The third-order valence-electron chi connectivity index (χ3n) is 5.62. The third kappa shape index (κ3) is 6.65. The first-order valence-corrected chi connectivity index (χ1v) is 12.3. The molecule has 2 aromatic rings. The van der Waals surface area contributed by atoms with E-state index in [-0.39, 0.29) is 11.5 Å². The van der Waals surface area contributed by atoms with E-state index in [0.29, 0.717) is 42.4 Å². The van der Waals surface area contributed by atoms with Crippen LogP contribution in [0.5, 0.6) is 0 Å². The fourth-order valence-corrected chi connectivity index (χ4v) is 4.84. The molecule has 0 heterocycles. The Kier molecular flexibility index (Phi) is 8.01. The molecular formula is C23H31N3O3S. The lowest BCUT2D eigenvalue weighted by Crippen LogP contribution is -2.35. The second-order valence-corrected chi connectivity index (χ2v) is 9.88. The molecule has 4 N–H and O–H groups in total. The van der Waals surface area contributed by atoms with Crippen LogP contribution in [0.25, 0.3) is 0 Å². The number of hydrogen-bond acceptors (Lipinski definition) is 5. The van der Waals surface area contributed by atoms with Gasteiger partial charge >= 0.3 is 0 Å². The molecular weight excluding hydrogens is 398 g/mol. The molecule has 0 spiro atoms. The number of carbonyl (C=O) groups excluding carboxylic acids is 1. The van der Waals surface area contributed by atoms with Crippen molar-refractivity contribution in [2.75, 3.05) is 24.6 Å². The van der Waals surface area contributed by atoms with E-state index in [1.54, 1.807) is 30.3 Å². The van der Waals surface area contributed by atoms with Crippen LogP contribution < -0.4 is 15.8 Å². The summed E-state index contributed by atoms with van der Waals surface area (Å²) >= 11 is 0. The van der Waals surface area contributed by atoms with E-state index in [2.05, 4.69) is 10.0 Å². The van der Waals surface area contributed by atoms with Crippen LogP contribution in [0, 0.1) is 5.92 Å². The van der Waals surface area contributed by atoms with Gasteiger partial charge in [0, 0.05) is 36.4 Å². The molecule has 6 nitrogen and oxygen atoms in total. The van der Waals surface area contributed by atoms with Crippen molar-refractivity contribution in [1.82, 2.24) is 10.0 Å². The largest absolute Gasteiger partial charge is 0.398 e. The number of hydrogen-bond donors (Lipinski definition) is 3. The van der Waals surface area contributed by atoms with Gasteiger partial charge in [0.1, 0.15) is 0 Å². The summed E-state index contributed by atoms with van der Waals surface area (Å²) in [6.07, 6.45) is 5.87. The van der Waals surface area contributed by atoms with Gasteiger partial charge in [-0.2, -0.15) is 0 Å². The van der Waals surface area contributed by atoms with Gasteiger partial charge in [-0.05, 0) is 42.5 Å². The number of nitrogens with one attached hydrogen (secondary N) is 2. The van der Waals surface area contributed by atoms with E-state index in [1.165, 1.54) is 19.3 Å². The quantitative estimate of drug-likeness (QED) is 0.306. The third-order valence-corrected chi connectivity index (χ3v) is 6.97. The summed E-state index contributed by atoms with van der Waals surface area (Å²) in [5, 5.41) is 3.13. The van der Waals surface area contributed by atoms with E-state index in [9.17, 15) is 13.2 Å². The molecule has 7 heteroatoms. The highest BCUT2D eigenvalue weighted by Crippen LogP contribution is 2.23. The van der Waals surface area contributed by atoms with Gasteiger partial charge in [0.15, 0.2) is 5.78 Å². The summed E-state index contributed by atoms with van der Waals surface area (Å²) in [5.74, 6) is 0.417. The van der Waals surface area contributed by atoms with Crippen molar-refractivity contribution in [1.29, 1.82) is 0 Å². The molecule has 1 aliphatic rings. The van der Waals surface area contributed by atoms with Gasteiger partial charge in [0.05, 0.1) is 5.75 Å². The summed E-state index contributed by atoms with van der Waals surface area (Å²) < 4.78 is 27.2. The molecule has 3 rings (SSSR count). The summed E-state index contributed by atoms with van der Waals surface area (Å²) in [7, 11) is -3.30. The zero-order valence-corrected chi connectivity index (χ0v) is 18.1. The molecule has 0 amide bonds. The highest BCUT2D eigenvalue weighted by Gasteiger charge is 2.17. The zero-order valence-electron chi connectivity index (χ0n) is 17.3. The Morgan fingerprint density at radius 2 is 1.73 bits per heavy atom. The second kappa shape index (κ2) is 10.7. The van der Waals surface area contributed by atoms with Crippen LogP contribution in [0.4, 0.5) is 5.69 Å². The predicted octanol–water partition coefficient (Wildman–Crippen LogP) is 3.09. The summed E-state index contributed by atoms with van der Waals surface area (Å²) in [5.41, 5.74) is 8.59. The topological polar surface area (TPSA) is 101 Å². The van der Waals surface area contributed by atoms with Crippen molar-refractivity contribution in [2.24, 2.45) is 5.92 Å². The summed E-state index contributed by atoms with van der Waals surface area (Å²) in [6, 6.07) is 14.3. The van der Waals surface area contributed by atoms with Crippen LogP contribution >= 0.6 is 0 Å². The number of sulfonamides is 1. The molecule has 0 unspecified atom stereocenters. The Labute approximate surface area is 179 Å². The number of anilines is 1. The molecule has 0 saturated heterocycles. The van der Waals surface area contributed by atoms with Crippen molar-refractivity contribution in [3.05, 3.63) is 65.2 Å². The van der Waals surface area contributed by atoms with Crippen LogP contribution in [0.2, 0.25) is 0 Å². The summed E-state index contributed by atoms with van der Waals surface area (Å²) in [6.45, 7) is 1.26. The monoisotopic (exact) mass is 429 g/mol. The van der Waals surface area contributed by atoms with Crippen LogP contribution in [0.1, 0.15) is 53.6 Å². The molecule has 1 aliphatic carbocycles. The standard InChI is InChI=1S/C23H31N3O3S/c24-22-12-11-20(23(27)19-9-5-2-6-10-19)15-21(22)17-25-13-14-30(28,29)26-16-18-7-3-1-4-8-18/h2,5-6,9-12,15,18,25-26H,1,3-4,7-8,13-14,16-17,24H2.